The van der Waals surface area contributed by atoms with Crippen LogP contribution in [0.5, 0.6) is 11.5 Å². The number of ketones is 1. The maximum absolute atomic E-state index is 13.8. The van der Waals surface area contributed by atoms with Crippen molar-refractivity contribution in [1.29, 1.82) is 0 Å². The van der Waals surface area contributed by atoms with Crippen LogP contribution in [0.1, 0.15) is 34.6 Å². The fraction of sp³-hybridized carbons (Fsp3) is 0.172. The SMILES string of the molecule is CCOc1ccc(CN2C(=O)C(O)=C(C(=O)c3cc4cc(Cl)cc(OC)c4o3)C2c2ccccc2)cc1. The molecule has 1 aliphatic rings. The molecular weight excluding hydrogens is 494 g/mol. The third-order valence-corrected chi connectivity index (χ3v) is 6.46. The van der Waals surface area contributed by atoms with Gasteiger partial charge in [-0.25, -0.2) is 0 Å². The van der Waals surface area contributed by atoms with Gasteiger partial charge in [0.1, 0.15) is 5.75 Å². The van der Waals surface area contributed by atoms with Crippen LogP contribution in [0.3, 0.4) is 0 Å². The van der Waals surface area contributed by atoms with E-state index in [2.05, 4.69) is 0 Å². The molecule has 0 fully saturated rings. The summed E-state index contributed by atoms with van der Waals surface area (Å²) in [7, 11) is 1.48. The molecule has 5 rings (SSSR count). The number of halogens is 1. The van der Waals surface area contributed by atoms with E-state index < -0.39 is 23.5 Å². The average molecular weight is 518 g/mol. The molecule has 37 heavy (non-hydrogen) atoms. The lowest BCUT2D eigenvalue weighted by Gasteiger charge is -2.27. The minimum atomic E-state index is -0.813. The molecular formula is C29H24ClNO6. The molecule has 0 saturated heterocycles. The van der Waals surface area contributed by atoms with E-state index in [0.29, 0.717) is 33.9 Å². The first kappa shape index (κ1) is 24.5. The van der Waals surface area contributed by atoms with Crippen LogP contribution in [0.4, 0.5) is 0 Å². The Bertz CT molecular complexity index is 1510. The second-order valence-corrected chi connectivity index (χ2v) is 8.99. The minimum absolute atomic E-state index is 0.0336. The van der Waals surface area contributed by atoms with Crippen molar-refractivity contribution in [3.05, 3.63) is 106 Å². The first-order chi connectivity index (χ1) is 17.9. The van der Waals surface area contributed by atoms with E-state index in [4.69, 9.17) is 25.5 Å². The number of methoxy groups -OCH3 is 1. The number of hydrogen-bond acceptors (Lipinski definition) is 6. The van der Waals surface area contributed by atoms with E-state index in [1.165, 1.54) is 18.1 Å². The zero-order valence-electron chi connectivity index (χ0n) is 20.2. The Hall–Kier alpha value is -4.23. The second kappa shape index (κ2) is 10.0. The molecule has 188 valence electrons. The molecule has 7 nitrogen and oxygen atoms in total. The summed E-state index contributed by atoms with van der Waals surface area (Å²) in [6.45, 7) is 2.62. The van der Waals surface area contributed by atoms with Gasteiger partial charge in [0.15, 0.2) is 22.9 Å². The summed E-state index contributed by atoms with van der Waals surface area (Å²) in [6, 6.07) is 20.4. The van der Waals surface area contributed by atoms with Crippen molar-refractivity contribution in [3.63, 3.8) is 0 Å². The van der Waals surface area contributed by atoms with Gasteiger partial charge in [-0.2, -0.15) is 0 Å². The Morgan fingerprint density at radius 3 is 2.49 bits per heavy atom. The number of benzene rings is 3. The molecule has 0 radical (unpaired) electrons. The molecule has 2 heterocycles. The van der Waals surface area contributed by atoms with Crippen LogP contribution < -0.4 is 9.47 Å². The van der Waals surface area contributed by atoms with Crippen LogP contribution >= 0.6 is 11.6 Å². The van der Waals surface area contributed by atoms with Crippen LogP contribution in [0.2, 0.25) is 5.02 Å². The highest BCUT2D eigenvalue weighted by molar-refractivity contribution is 6.31. The maximum atomic E-state index is 13.8. The van der Waals surface area contributed by atoms with Crippen molar-refractivity contribution in [1.82, 2.24) is 4.90 Å². The first-order valence-electron chi connectivity index (χ1n) is 11.7. The number of hydrogen-bond donors (Lipinski definition) is 1. The van der Waals surface area contributed by atoms with Gasteiger partial charge in [-0.3, -0.25) is 9.59 Å². The molecule has 3 aromatic carbocycles. The van der Waals surface area contributed by atoms with Gasteiger partial charge in [0.05, 0.1) is 25.3 Å². The van der Waals surface area contributed by atoms with Crippen molar-refractivity contribution < 1.29 is 28.6 Å². The Labute approximate surface area is 218 Å². The van der Waals surface area contributed by atoms with Crippen LogP contribution in [0, 0.1) is 0 Å². The average Bonchev–Trinajstić information content (AvgIpc) is 3.44. The van der Waals surface area contributed by atoms with Crippen LogP contribution in [-0.2, 0) is 11.3 Å². The Morgan fingerprint density at radius 1 is 1.08 bits per heavy atom. The van der Waals surface area contributed by atoms with E-state index >= 15 is 0 Å². The van der Waals surface area contributed by atoms with Crippen molar-refractivity contribution in [3.8, 4) is 11.5 Å². The number of carbonyl (C=O) groups is 2. The maximum Gasteiger partial charge on any atom is 0.290 e. The number of ether oxygens (including phenoxy) is 2. The predicted octanol–water partition coefficient (Wildman–Crippen LogP) is 6.27. The lowest BCUT2D eigenvalue weighted by atomic mass is 9.95. The van der Waals surface area contributed by atoms with Gasteiger partial charge in [0, 0.05) is 23.0 Å². The number of aliphatic hydroxyl groups excluding tert-OH is 1. The van der Waals surface area contributed by atoms with Crippen molar-refractivity contribution >= 4 is 34.3 Å². The van der Waals surface area contributed by atoms with E-state index in [1.807, 2.05) is 61.5 Å². The summed E-state index contributed by atoms with van der Waals surface area (Å²) in [5.41, 5.74) is 1.81. The van der Waals surface area contributed by atoms with Crippen molar-refractivity contribution in [2.24, 2.45) is 0 Å². The molecule has 0 spiro atoms. The number of amides is 1. The lowest BCUT2D eigenvalue weighted by molar-refractivity contribution is -0.130. The van der Waals surface area contributed by atoms with Gasteiger partial charge >= 0.3 is 0 Å². The molecule has 0 bridgehead atoms. The van der Waals surface area contributed by atoms with Gasteiger partial charge in [-0.15, -0.1) is 0 Å². The number of Topliss-reactive ketones (excluding diaryl/α,β-unsaturated/α-hetero) is 1. The molecule has 8 heteroatoms. The van der Waals surface area contributed by atoms with Crippen molar-refractivity contribution in [2.45, 2.75) is 19.5 Å². The Kier molecular flexibility index (Phi) is 6.63. The number of aliphatic hydroxyl groups is 1. The Morgan fingerprint density at radius 2 is 1.81 bits per heavy atom. The molecule has 1 aliphatic heterocycles. The number of furan rings is 1. The highest BCUT2D eigenvalue weighted by atomic mass is 35.5. The van der Waals surface area contributed by atoms with Crippen LogP contribution in [-0.4, -0.2) is 35.4 Å². The first-order valence-corrected chi connectivity index (χ1v) is 12.1. The van der Waals surface area contributed by atoms with Gasteiger partial charge in [0.2, 0.25) is 5.78 Å². The van der Waals surface area contributed by atoms with Gasteiger partial charge in [-0.05, 0) is 42.3 Å². The molecule has 4 aromatic rings. The lowest BCUT2D eigenvalue weighted by Crippen LogP contribution is -2.30. The second-order valence-electron chi connectivity index (χ2n) is 8.55. The van der Waals surface area contributed by atoms with E-state index in [0.717, 1.165) is 11.3 Å². The monoisotopic (exact) mass is 517 g/mol. The predicted molar refractivity (Wildman–Crippen MR) is 139 cm³/mol. The van der Waals surface area contributed by atoms with Crippen LogP contribution in [0.25, 0.3) is 11.0 Å². The third-order valence-electron chi connectivity index (χ3n) is 6.24. The summed E-state index contributed by atoms with van der Waals surface area (Å²) < 4.78 is 16.7. The van der Waals surface area contributed by atoms with Gasteiger partial charge < -0.3 is 23.9 Å². The normalized spacial score (nSPS) is 15.5. The molecule has 1 atom stereocenters. The molecule has 1 unspecified atom stereocenters. The summed E-state index contributed by atoms with van der Waals surface area (Å²) in [6.07, 6.45) is 0. The fourth-order valence-corrected chi connectivity index (χ4v) is 4.78. The minimum Gasteiger partial charge on any atom is -0.503 e. The topological polar surface area (TPSA) is 89.2 Å². The fourth-order valence-electron chi connectivity index (χ4n) is 4.57. The summed E-state index contributed by atoms with van der Waals surface area (Å²) in [5.74, 6) is -0.773. The summed E-state index contributed by atoms with van der Waals surface area (Å²) in [5, 5.41) is 12.0. The van der Waals surface area contributed by atoms with Crippen LogP contribution in [0.15, 0.2) is 88.5 Å². The van der Waals surface area contributed by atoms with Gasteiger partial charge in [0.25, 0.3) is 5.91 Å². The number of rotatable bonds is 8. The Balaban J connectivity index is 1.55. The number of carbonyl (C=O) groups excluding carboxylic acids is 2. The third kappa shape index (κ3) is 4.54. The largest absolute Gasteiger partial charge is 0.503 e. The van der Waals surface area contributed by atoms with Crippen molar-refractivity contribution in [2.75, 3.05) is 13.7 Å². The molecule has 1 N–H and O–H groups in total. The molecule has 1 aromatic heterocycles. The summed E-state index contributed by atoms with van der Waals surface area (Å²) >= 11 is 6.17. The van der Waals surface area contributed by atoms with E-state index in [9.17, 15) is 14.7 Å². The zero-order chi connectivity index (χ0) is 26.1. The van der Waals surface area contributed by atoms with Gasteiger partial charge in [-0.1, -0.05) is 54.1 Å². The quantitative estimate of drug-likeness (QED) is 0.277. The molecule has 1 amide bonds. The zero-order valence-corrected chi connectivity index (χ0v) is 21.0. The van der Waals surface area contributed by atoms with E-state index in [-0.39, 0.29) is 17.9 Å². The molecule has 0 saturated carbocycles. The number of fused-ring (bicyclic) bond motifs is 1. The van der Waals surface area contributed by atoms with E-state index in [1.54, 1.807) is 12.1 Å². The standard InChI is InChI=1S/C29H24ClNO6/c1-3-36-21-11-9-17(10-12-21)16-31-25(18-7-5-4-6-8-18)24(27(33)29(31)34)26(32)22-14-19-13-20(30)15-23(35-2)28(19)37-22/h4-15,25,33H,3,16H2,1-2H3. The summed E-state index contributed by atoms with van der Waals surface area (Å²) in [4.78, 5) is 28.6. The highest BCUT2D eigenvalue weighted by Crippen LogP contribution is 2.41. The number of nitrogens with zero attached hydrogens (tertiary/aromatic N) is 1. The highest BCUT2D eigenvalue weighted by Gasteiger charge is 2.44. The molecule has 0 aliphatic carbocycles. The smallest absolute Gasteiger partial charge is 0.290 e.